The van der Waals surface area contributed by atoms with Crippen LogP contribution in [0.15, 0.2) is 36.4 Å². The molecule has 0 radical (unpaired) electrons. The molecule has 0 atom stereocenters. The number of nitrogens with zero attached hydrogens (tertiary/aromatic N) is 2. The summed E-state index contributed by atoms with van der Waals surface area (Å²) in [5.41, 5.74) is 1.40. The zero-order valence-electron chi connectivity index (χ0n) is 15.9. The van der Waals surface area contributed by atoms with Crippen molar-refractivity contribution in [2.24, 2.45) is 0 Å². The number of nitrogens with one attached hydrogen (secondary N) is 1. The van der Waals surface area contributed by atoms with E-state index in [0.717, 1.165) is 24.7 Å². The van der Waals surface area contributed by atoms with E-state index >= 15 is 0 Å². The normalized spacial score (nSPS) is 14.6. The van der Waals surface area contributed by atoms with Crippen LogP contribution in [0.2, 0.25) is 0 Å². The third-order valence-electron chi connectivity index (χ3n) is 4.66. The lowest BCUT2D eigenvalue weighted by atomic mass is 10.1. The molecule has 1 aliphatic heterocycles. The Balaban J connectivity index is 1.62. The molecule has 8 heteroatoms. The second kappa shape index (κ2) is 8.88. The first-order valence-corrected chi connectivity index (χ1v) is 8.99. The lowest BCUT2D eigenvalue weighted by molar-refractivity contribution is 0.200. The summed E-state index contributed by atoms with van der Waals surface area (Å²) in [6, 6.07) is 9.12. The maximum atomic E-state index is 14.0. The van der Waals surface area contributed by atoms with Crippen molar-refractivity contribution in [3.8, 4) is 11.5 Å². The summed E-state index contributed by atoms with van der Waals surface area (Å²) in [5.74, 6) is -0.288. The van der Waals surface area contributed by atoms with Crippen LogP contribution in [0, 0.1) is 11.6 Å². The van der Waals surface area contributed by atoms with Crippen LogP contribution in [0.1, 0.15) is 5.56 Å². The first-order valence-electron chi connectivity index (χ1n) is 8.99. The van der Waals surface area contributed by atoms with E-state index in [1.165, 1.54) is 26.3 Å². The fourth-order valence-corrected chi connectivity index (χ4v) is 3.19. The van der Waals surface area contributed by atoms with Gasteiger partial charge in [-0.05, 0) is 29.8 Å². The molecule has 0 bridgehead atoms. The molecule has 0 saturated carbocycles. The monoisotopic (exact) mass is 391 g/mol. The van der Waals surface area contributed by atoms with E-state index in [-0.39, 0.29) is 0 Å². The van der Waals surface area contributed by atoms with Crippen LogP contribution >= 0.6 is 0 Å². The highest BCUT2D eigenvalue weighted by molar-refractivity contribution is 5.71. The minimum Gasteiger partial charge on any atom is -0.493 e. The van der Waals surface area contributed by atoms with E-state index < -0.39 is 17.7 Å². The van der Waals surface area contributed by atoms with Crippen LogP contribution in [0.5, 0.6) is 11.5 Å². The first kappa shape index (κ1) is 19.9. The van der Waals surface area contributed by atoms with E-state index in [2.05, 4.69) is 10.2 Å². The Kier molecular flexibility index (Phi) is 6.30. The topological polar surface area (TPSA) is 54.0 Å². The molecule has 1 aliphatic rings. The summed E-state index contributed by atoms with van der Waals surface area (Å²) in [7, 11) is 3.00. The molecular formula is C20H23F2N3O3. The number of anilines is 1. The van der Waals surface area contributed by atoms with Gasteiger partial charge in [0.05, 0.1) is 12.8 Å². The van der Waals surface area contributed by atoms with Gasteiger partial charge in [-0.1, -0.05) is 6.07 Å². The van der Waals surface area contributed by atoms with Gasteiger partial charge in [0.25, 0.3) is 0 Å². The van der Waals surface area contributed by atoms with Crippen LogP contribution in [0.3, 0.4) is 0 Å². The van der Waals surface area contributed by atoms with Crippen LogP contribution in [-0.2, 0) is 6.54 Å². The van der Waals surface area contributed by atoms with E-state index in [9.17, 15) is 13.6 Å². The standard InChI is InChI=1S/C20H23F2N3O3/c1-23-20(26)28-19-11-14(3-6-18(19)27-2)13-24-7-9-25(10-8-24)17-5-4-15(21)12-16(17)22/h3-6,11-12H,7-10,13H2,1-2H3,(H,23,26). The van der Waals surface area contributed by atoms with Crippen molar-refractivity contribution >= 4 is 11.8 Å². The van der Waals surface area contributed by atoms with Crippen LogP contribution < -0.4 is 19.7 Å². The predicted molar refractivity (Wildman–Crippen MR) is 102 cm³/mol. The number of rotatable bonds is 5. The molecule has 6 nitrogen and oxygen atoms in total. The number of hydrogen-bond acceptors (Lipinski definition) is 5. The van der Waals surface area contributed by atoms with Gasteiger partial charge in [0.15, 0.2) is 11.5 Å². The number of halogens is 2. The molecule has 2 aromatic carbocycles. The average molecular weight is 391 g/mol. The molecular weight excluding hydrogens is 368 g/mol. The molecule has 2 aromatic rings. The van der Waals surface area contributed by atoms with Crippen molar-refractivity contribution in [2.75, 3.05) is 45.2 Å². The van der Waals surface area contributed by atoms with Gasteiger partial charge in [0, 0.05) is 45.8 Å². The Labute approximate surface area is 162 Å². The third-order valence-corrected chi connectivity index (χ3v) is 4.66. The van der Waals surface area contributed by atoms with Crippen LogP contribution in [0.25, 0.3) is 0 Å². The number of piperazine rings is 1. The minimum absolute atomic E-state index is 0.353. The number of amides is 1. The summed E-state index contributed by atoms with van der Waals surface area (Å²) < 4.78 is 37.5. The number of benzene rings is 2. The Bertz CT molecular complexity index is 839. The van der Waals surface area contributed by atoms with Crippen molar-refractivity contribution < 1.29 is 23.0 Å². The minimum atomic E-state index is -0.575. The summed E-state index contributed by atoms with van der Waals surface area (Å²) in [6.07, 6.45) is -0.564. The molecule has 1 saturated heterocycles. The Morgan fingerprint density at radius 3 is 2.46 bits per heavy atom. The van der Waals surface area contributed by atoms with Crippen molar-refractivity contribution in [1.82, 2.24) is 10.2 Å². The van der Waals surface area contributed by atoms with Gasteiger partial charge in [-0.25, -0.2) is 13.6 Å². The van der Waals surface area contributed by atoms with E-state index in [1.54, 1.807) is 12.1 Å². The largest absolute Gasteiger partial charge is 0.493 e. The van der Waals surface area contributed by atoms with Gasteiger partial charge in [-0.2, -0.15) is 0 Å². The highest BCUT2D eigenvalue weighted by Crippen LogP contribution is 2.29. The number of ether oxygens (including phenoxy) is 2. The first-order chi connectivity index (χ1) is 13.5. The van der Waals surface area contributed by atoms with Crippen molar-refractivity contribution in [3.05, 3.63) is 53.6 Å². The summed E-state index contributed by atoms with van der Waals surface area (Å²) in [5, 5.41) is 2.41. The Hall–Kier alpha value is -2.87. The van der Waals surface area contributed by atoms with E-state index in [0.29, 0.717) is 36.8 Å². The summed E-state index contributed by atoms with van der Waals surface area (Å²) in [6.45, 7) is 3.40. The molecule has 0 aromatic heterocycles. The fourth-order valence-electron chi connectivity index (χ4n) is 3.19. The van der Waals surface area contributed by atoms with Crippen LogP contribution in [-0.4, -0.2) is 51.3 Å². The second-order valence-corrected chi connectivity index (χ2v) is 6.48. The van der Waals surface area contributed by atoms with Crippen molar-refractivity contribution in [3.63, 3.8) is 0 Å². The third kappa shape index (κ3) is 4.69. The van der Waals surface area contributed by atoms with E-state index in [4.69, 9.17) is 9.47 Å². The zero-order valence-corrected chi connectivity index (χ0v) is 15.9. The quantitative estimate of drug-likeness (QED) is 0.849. The highest BCUT2D eigenvalue weighted by Gasteiger charge is 2.20. The Morgan fingerprint density at radius 2 is 1.82 bits per heavy atom. The molecule has 1 amide bonds. The number of carbonyl (C=O) groups excluding carboxylic acids is 1. The molecule has 1 heterocycles. The molecule has 1 N–H and O–H groups in total. The summed E-state index contributed by atoms with van der Waals surface area (Å²) in [4.78, 5) is 15.7. The van der Waals surface area contributed by atoms with Gasteiger partial charge in [-0.15, -0.1) is 0 Å². The smallest absolute Gasteiger partial charge is 0.412 e. The fraction of sp³-hybridized carbons (Fsp3) is 0.350. The Morgan fingerprint density at radius 1 is 1.07 bits per heavy atom. The lowest BCUT2D eigenvalue weighted by Gasteiger charge is -2.36. The SMILES string of the molecule is CNC(=O)Oc1cc(CN2CCN(c3ccc(F)cc3F)CC2)ccc1OC. The van der Waals surface area contributed by atoms with Crippen molar-refractivity contribution in [1.29, 1.82) is 0 Å². The number of carbonyl (C=O) groups is 1. The molecule has 1 fully saturated rings. The number of hydrogen-bond donors (Lipinski definition) is 1. The van der Waals surface area contributed by atoms with Gasteiger partial charge < -0.3 is 19.7 Å². The predicted octanol–water partition coefficient (Wildman–Crippen LogP) is 3.01. The lowest BCUT2D eigenvalue weighted by Crippen LogP contribution is -2.46. The number of methoxy groups -OCH3 is 1. The second-order valence-electron chi connectivity index (χ2n) is 6.48. The maximum Gasteiger partial charge on any atom is 0.412 e. The van der Waals surface area contributed by atoms with Crippen LogP contribution in [0.4, 0.5) is 19.3 Å². The maximum absolute atomic E-state index is 14.0. The molecule has 28 heavy (non-hydrogen) atoms. The van der Waals surface area contributed by atoms with Gasteiger partial charge in [-0.3, -0.25) is 4.90 Å². The molecule has 0 spiro atoms. The highest BCUT2D eigenvalue weighted by atomic mass is 19.1. The molecule has 3 rings (SSSR count). The van der Waals surface area contributed by atoms with E-state index in [1.807, 2.05) is 11.0 Å². The van der Waals surface area contributed by atoms with Gasteiger partial charge >= 0.3 is 6.09 Å². The zero-order chi connectivity index (χ0) is 20.1. The van der Waals surface area contributed by atoms with Crippen molar-refractivity contribution in [2.45, 2.75) is 6.54 Å². The molecule has 150 valence electrons. The average Bonchev–Trinajstić information content (AvgIpc) is 2.69. The molecule has 0 aliphatic carbocycles. The van der Waals surface area contributed by atoms with Gasteiger partial charge in [0.1, 0.15) is 11.6 Å². The summed E-state index contributed by atoms with van der Waals surface area (Å²) >= 11 is 0. The molecule has 0 unspecified atom stereocenters. The van der Waals surface area contributed by atoms with Gasteiger partial charge in [0.2, 0.25) is 0 Å².